The zero-order valence-corrected chi connectivity index (χ0v) is 16.3. The van der Waals surface area contributed by atoms with Gasteiger partial charge in [-0.25, -0.2) is 0 Å². The molecule has 0 aromatic rings. The molecule has 0 aliphatic carbocycles. The minimum atomic E-state index is -2.46. The Morgan fingerprint density at radius 2 is 1.00 bits per heavy atom. The van der Waals surface area contributed by atoms with Crippen molar-refractivity contribution in [3.8, 4) is 0 Å². The van der Waals surface area contributed by atoms with Gasteiger partial charge in [0, 0.05) is 0 Å². The average molecular weight is 349 g/mol. The Morgan fingerprint density at radius 3 is 1.12 bits per heavy atom. The van der Waals surface area contributed by atoms with Crippen LogP contribution >= 0.6 is 0 Å². The summed E-state index contributed by atoms with van der Waals surface area (Å²) in [7, 11) is 0. The molecular weight excluding hydrogens is 315 g/mol. The Hall–Kier alpha value is 0.719. The molecule has 0 saturated heterocycles. The van der Waals surface area contributed by atoms with Gasteiger partial charge in [0.05, 0.1) is 0 Å². The van der Waals surface area contributed by atoms with E-state index in [-0.39, 0.29) is 0 Å². The van der Waals surface area contributed by atoms with E-state index in [4.69, 9.17) is 0 Å². The Balaban J connectivity index is 5.58. The summed E-state index contributed by atoms with van der Waals surface area (Å²) >= 11 is -2.46. The van der Waals surface area contributed by atoms with Crippen LogP contribution in [-0.2, 0) is 0 Å². The Morgan fingerprint density at radius 1 is 0.706 bits per heavy atom. The SMILES string of the molecule is CC[N](CC)[Sn]([CH2]C)([N](CC)CC)[C](C)(C)C. The van der Waals surface area contributed by atoms with Gasteiger partial charge in [0.25, 0.3) is 0 Å². The van der Waals surface area contributed by atoms with Gasteiger partial charge in [0.2, 0.25) is 0 Å². The molecule has 0 N–H and O–H groups in total. The van der Waals surface area contributed by atoms with Crippen molar-refractivity contribution >= 4 is 18.9 Å². The van der Waals surface area contributed by atoms with E-state index in [1.165, 1.54) is 30.6 Å². The third kappa shape index (κ3) is 3.38. The topological polar surface area (TPSA) is 6.48 Å². The van der Waals surface area contributed by atoms with E-state index >= 15 is 0 Å². The molecule has 0 fully saturated rings. The maximum absolute atomic E-state index is 2.85. The summed E-state index contributed by atoms with van der Waals surface area (Å²) in [5, 5.41) is 0. The summed E-state index contributed by atoms with van der Waals surface area (Å²) in [6.45, 7) is 24.1. The van der Waals surface area contributed by atoms with Crippen LogP contribution in [0.2, 0.25) is 7.87 Å². The van der Waals surface area contributed by atoms with Crippen LogP contribution in [0.4, 0.5) is 0 Å². The quantitative estimate of drug-likeness (QED) is 0.643. The molecule has 0 aromatic carbocycles. The molecule has 0 saturated carbocycles. The first-order valence-corrected chi connectivity index (χ1v) is 13.3. The number of nitrogens with zero attached hydrogens (tertiary/aromatic N) is 2. The molecule has 3 heteroatoms. The standard InChI is InChI=1S/2C4H10N.C4H9.C2H5.Sn/c2*1-3-5-4-2;1-4(2)3;1-2;/h2*3-4H2,1-2H3;1-3H3;1H2,2H3;/q2*-1;;;+2. The van der Waals surface area contributed by atoms with Gasteiger partial charge in [-0.2, -0.15) is 0 Å². The zero-order chi connectivity index (χ0) is 13.7. The average Bonchev–Trinajstić information content (AvgIpc) is 2.27. The molecule has 0 atom stereocenters. The third-order valence-corrected chi connectivity index (χ3v) is 23.5. The second-order valence-electron chi connectivity index (χ2n) is 5.76. The zero-order valence-electron chi connectivity index (χ0n) is 13.4. The van der Waals surface area contributed by atoms with Crippen molar-refractivity contribution in [3.05, 3.63) is 0 Å². The van der Waals surface area contributed by atoms with E-state index < -0.39 is 18.9 Å². The second-order valence-corrected chi connectivity index (χ2v) is 20.3. The fourth-order valence-corrected chi connectivity index (χ4v) is 21.7. The Bertz CT molecular complexity index is 191. The third-order valence-electron chi connectivity index (χ3n) is 4.27. The van der Waals surface area contributed by atoms with Crippen LogP contribution in [0.3, 0.4) is 0 Å². The van der Waals surface area contributed by atoms with E-state index in [0.717, 1.165) is 0 Å². The van der Waals surface area contributed by atoms with Crippen LogP contribution in [0.15, 0.2) is 0 Å². The molecule has 0 spiro atoms. The van der Waals surface area contributed by atoms with Crippen molar-refractivity contribution in [2.45, 2.75) is 63.3 Å². The molecule has 2 nitrogen and oxygen atoms in total. The monoisotopic (exact) mass is 350 g/mol. The van der Waals surface area contributed by atoms with E-state index in [2.05, 4.69) is 61.6 Å². The van der Waals surface area contributed by atoms with Crippen LogP contribution in [0.25, 0.3) is 0 Å². The van der Waals surface area contributed by atoms with Crippen molar-refractivity contribution < 1.29 is 0 Å². The van der Waals surface area contributed by atoms with Gasteiger partial charge < -0.3 is 0 Å². The summed E-state index contributed by atoms with van der Waals surface area (Å²) in [4.78, 5) is 0. The first kappa shape index (κ1) is 17.7. The van der Waals surface area contributed by atoms with Gasteiger partial charge in [-0.15, -0.1) is 0 Å². The molecule has 0 bridgehead atoms. The first-order valence-electron chi connectivity index (χ1n) is 7.35. The Kier molecular flexibility index (Phi) is 7.65. The fraction of sp³-hybridized carbons (Fsp3) is 1.00. The first-order chi connectivity index (χ1) is 7.85. The van der Waals surface area contributed by atoms with Gasteiger partial charge in [-0.05, 0) is 0 Å². The molecular formula is C14H34N2Sn. The van der Waals surface area contributed by atoms with Gasteiger partial charge >= 0.3 is 115 Å². The maximum atomic E-state index is 2.85. The van der Waals surface area contributed by atoms with E-state index in [0.29, 0.717) is 3.43 Å². The van der Waals surface area contributed by atoms with Crippen molar-refractivity contribution in [2.75, 3.05) is 26.2 Å². The van der Waals surface area contributed by atoms with E-state index in [9.17, 15) is 0 Å². The molecule has 0 rings (SSSR count). The van der Waals surface area contributed by atoms with E-state index in [1.807, 2.05) is 0 Å². The summed E-state index contributed by atoms with van der Waals surface area (Å²) in [6.07, 6.45) is 0. The minimum absolute atomic E-state index is 0.474. The van der Waals surface area contributed by atoms with Crippen molar-refractivity contribution in [3.63, 3.8) is 0 Å². The second kappa shape index (κ2) is 7.34. The van der Waals surface area contributed by atoms with Crippen LogP contribution in [-0.4, -0.2) is 51.3 Å². The normalized spacial score (nSPS) is 13.8. The van der Waals surface area contributed by atoms with Gasteiger partial charge in [0.1, 0.15) is 0 Å². The van der Waals surface area contributed by atoms with E-state index in [1.54, 1.807) is 0 Å². The summed E-state index contributed by atoms with van der Waals surface area (Å²) in [6, 6.07) is 0. The molecule has 104 valence electrons. The van der Waals surface area contributed by atoms with Crippen LogP contribution in [0.5, 0.6) is 0 Å². The van der Waals surface area contributed by atoms with Crippen molar-refractivity contribution in [1.82, 2.24) is 6.24 Å². The predicted molar refractivity (Wildman–Crippen MR) is 81.8 cm³/mol. The molecule has 0 aliphatic heterocycles. The molecule has 0 radical (unpaired) electrons. The summed E-state index contributed by atoms with van der Waals surface area (Å²) < 4.78 is 7.56. The van der Waals surface area contributed by atoms with Crippen molar-refractivity contribution in [1.29, 1.82) is 0 Å². The number of hydrogen-bond donors (Lipinski definition) is 0. The van der Waals surface area contributed by atoms with Gasteiger partial charge in [0.15, 0.2) is 0 Å². The molecule has 0 aliphatic rings. The number of rotatable bonds is 7. The summed E-state index contributed by atoms with van der Waals surface area (Å²) in [5.74, 6) is 0. The van der Waals surface area contributed by atoms with Gasteiger partial charge in [-0.3, -0.25) is 0 Å². The molecule has 0 unspecified atom stereocenters. The van der Waals surface area contributed by atoms with Crippen molar-refractivity contribution in [2.24, 2.45) is 0 Å². The summed E-state index contributed by atoms with van der Waals surface area (Å²) in [5.41, 5.74) is 0. The van der Waals surface area contributed by atoms with Crippen LogP contribution in [0.1, 0.15) is 55.4 Å². The predicted octanol–water partition coefficient (Wildman–Crippen LogP) is 3.93. The fourth-order valence-electron chi connectivity index (χ4n) is 3.62. The van der Waals surface area contributed by atoms with Crippen LogP contribution < -0.4 is 0 Å². The molecule has 0 aromatic heterocycles. The molecule has 0 heterocycles. The van der Waals surface area contributed by atoms with Crippen LogP contribution in [0, 0.1) is 0 Å². The number of hydrogen-bond acceptors (Lipinski definition) is 2. The molecule has 0 amide bonds. The Labute approximate surface area is 114 Å². The van der Waals surface area contributed by atoms with Gasteiger partial charge in [-0.1, -0.05) is 0 Å². The molecule has 17 heavy (non-hydrogen) atoms.